The normalized spacial score (nSPS) is 45.7. The molecule has 2 saturated heterocycles. The summed E-state index contributed by atoms with van der Waals surface area (Å²) in [6.07, 6.45) is 8.53. The van der Waals surface area contributed by atoms with Gasteiger partial charge in [-0.1, -0.05) is 26.0 Å². The largest absolute Gasteiger partial charge is 0.472 e. The maximum atomic E-state index is 13.4. The predicted octanol–water partition coefficient (Wildman–Crippen LogP) is 2.96. The van der Waals surface area contributed by atoms with Crippen LogP contribution in [0.25, 0.3) is 0 Å². The van der Waals surface area contributed by atoms with Gasteiger partial charge in [-0.2, -0.15) is 0 Å². The molecule has 7 nitrogen and oxygen atoms in total. The van der Waals surface area contributed by atoms with Crippen LogP contribution in [-0.2, 0) is 28.6 Å². The first-order chi connectivity index (χ1) is 15.3. The summed E-state index contributed by atoms with van der Waals surface area (Å²) >= 11 is 0. The third kappa shape index (κ3) is 2.32. The van der Waals surface area contributed by atoms with E-state index in [4.69, 9.17) is 18.6 Å². The fourth-order valence-corrected chi connectivity index (χ4v) is 7.33. The molecule has 0 spiro atoms. The fourth-order valence-electron chi connectivity index (χ4n) is 7.33. The quantitative estimate of drug-likeness (QED) is 0.529. The van der Waals surface area contributed by atoms with Crippen LogP contribution in [0.15, 0.2) is 46.8 Å². The number of hydrogen-bond donors (Lipinski definition) is 0. The Morgan fingerprint density at radius 2 is 2.06 bits per heavy atom. The Hall–Kier alpha value is -2.67. The van der Waals surface area contributed by atoms with Gasteiger partial charge in [-0.05, 0) is 29.7 Å². The summed E-state index contributed by atoms with van der Waals surface area (Å²) in [5.41, 5.74) is 0.650. The average molecular weight is 438 g/mol. The second-order valence-electron chi connectivity index (χ2n) is 10.2. The van der Waals surface area contributed by atoms with Crippen molar-refractivity contribution < 1.29 is 33.0 Å². The number of esters is 2. The molecule has 2 aliphatic heterocycles. The standard InChI is InChI=1S/C25H26O7/c1-12(26)30-11-18-24(2)16-8-14(13-6-7-29-10-13)9-17(16)31-22(24)21-20-15(23(28)32-21)4-5-19(27)25(18,20)3/h4-8,10,14-15,17-18,20-22H,9,11H2,1-3H3. The molecular weight excluding hydrogens is 412 g/mol. The SMILES string of the molecule is CC(=O)OCC1C2(C)C3=CC(c4ccoc4)CC3OC2C2OC(=O)C3C=CC(=O)C1(C)C32. The van der Waals surface area contributed by atoms with E-state index < -0.39 is 34.9 Å². The van der Waals surface area contributed by atoms with Crippen LogP contribution in [-0.4, -0.2) is 42.6 Å². The Morgan fingerprint density at radius 1 is 1.25 bits per heavy atom. The van der Waals surface area contributed by atoms with Crippen LogP contribution in [0, 0.1) is 28.6 Å². The van der Waals surface area contributed by atoms with Crippen molar-refractivity contribution in [1.82, 2.24) is 0 Å². The lowest BCUT2D eigenvalue weighted by Crippen LogP contribution is -2.65. The average Bonchev–Trinajstić information content (AvgIpc) is 3.49. The second-order valence-corrected chi connectivity index (χ2v) is 10.2. The van der Waals surface area contributed by atoms with E-state index >= 15 is 0 Å². The molecule has 5 aliphatic rings. The molecule has 3 fully saturated rings. The number of rotatable bonds is 3. The number of ether oxygens (including phenoxy) is 3. The molecule has 9 unspecified atom stereocenters. The highest BCUT2D eigenvalue weighted by atomic mass is 16.6. The number of allylic oxidation sites excluding steroid dienone is 2. The zero-order chi connectivity index (χ0) is 22.4. The van der Waals surface area contributed by atoms with Crippen LogP contribution in [0.4, 0.5) is 0 Å². The molecule has 1 aromatic heterocycles. The number of carbonyl (C=O) groups excluding carboxylic acids is 3. The monoisotopic (exact) mass is 438 g/mol. The lowest BCUT2D eigenvalue weighted by molar-refractivity contribution is -0.193. The summed E-state index contributed by atoms with van der Waals surface area (Å²) in [6.45, 7) is 5.46. The lowest BCUT2D eigenvalue weighted by Gasteiger charge is -2.57. The van der Waals surface area contributed by atoms with Gasteiger partial charge in [0.1, 0.15) is 12.2 Å². The molecule has 3 heterocycles. The van der Waals surface area contributed by atoms with E-state index in [1.165, 1.54) is 13.0 Å². The van der Waals surface area contributed by atoms with Crippen molar-refractivity contribution in [3.63, 3.8) is 0 Å². The maximum absolute atomic E-state index is 13.4. The Kier molecular flexibility index (Phi) is 4.02. The lowest BCUT2D eigenvalue weighted by atomic mass is 9.45. The predicted molar refractivity (Wildman–Crippen MR) is 110 cm³/mol. The Bertz CT molecular complexity index is 1070. The highest BCUT2D eigenvalue weighted by Crippen LogP contribution is 2.68. The van der Waals surface area contributed by atoms with Gasteiger partial charge in [-0.15, -0.1) is 0 Å². The van der Waals surface area contributed by atoms with Gasteiger partial charge in [-0.25, -0.2) is 0 Å². The first kappa shape index (κ1) is 20.0. The summed E-state index contributed by atoms with van der Waals surface area (Å²) in [5.74, 6) is -1.77. The van der Waals surface area contributed by atoms with E-state index in [0.717, 1.165) is 17.6 Å². The third-order valence-corrected chi connectivity index (χ3v) is 8.83. The number of hydrogen-bond acceptors (Lipinski definition) is 7. The minimum atomic E-state index is -0.913. The van der Waals surface area contributed by atoms with Crippen LogP contribution in [0.5, 0.6) is 0 Å². The van der Waals surface area contributed by atoms with Gasteiger partial charge in [0.15, 0.2) is 5.78 Å². The van der Waals surface area contributed by atoms with E-state index in [9.17, 15) is 14.4 Å². The maximum Gasteiger partial charge on any atom is 0.313 e. The first-order valence-corrected chi connectivity index (χ1v) is 11.2. The van der Waals surface area contributed by atoms with Crippen molar-refractivity contribution in [2.75, 3.05) is 6.61 Å². The van der Waals surface area contributed by atoms with Crippen LogP contribution in [0.1, 0.15) is 38.7 Å². The van der Waals surface area contributed by atoms with E-state index in [1.807, 2.05) is 13.0 Å². The molecule has 0 bridgehead atoms. The topological polar surface area (TPSA) is 92.0 Å². The summed E-state index contributed by atoms with van der Waals surface area (Å²) < 4.78 is 23.3. The molecule has 7 heteroatoms. The number of carbonyl (C=O) groups is 3. The smallest absolute Gasteiger partial charge is 0.313 e. The van der Waals surface area contributed by atoms with Gasteiger partial charge < -0.3 is 18.6 Å². The van der Waals surface area contributed by atoms with Crippen molar-refractivity contribution in [1.29, 1.82) is 0 Å². The van der Waals surface area contributed by atoms with Crippen LogP contribution >= 0.6 is 0 Å². The van der Waals surface area contributed by atoms with Gasteiger partial charge >= 0.3 is 11.9 Å². The minimum absolute atomic E-state index is 0.0488. The van der Waals surface area contributed by atoms with E-state index in [2.05, 4.69) is 13.0 Å². The molecule has 1 aromatic rings. The zero-order valence-corrected chi connectivity index (χ0v) is 18.3. The van der Waals surface area contributed by atoms with Gasteiger partial charge in [-0.3, -0.25) is 14.4 Å². The Balaban J connectivity index is 1.51. The van der Waals surface area contributed by atoms with Crippen molar-refractivity contribution in [3.05, 3.63) is 48.0 Å². The molecular formula is C25H26O7. The zero-order valence-electron chi connectivity index (χ0n) is 18.3. The van der Waals surface area contributed by atoms with Gasteiger partial charge in [0.2, 0.25) is 0 Å². The molecule has 32 heavy (non-hydrogen) atoms. The molecule has 6 rings (SSSR count). The summed E-state index contributed by atoms with van der Waals surface area (Å²) in [7, 11) is 0. The van der Waals surface area contributed by atoms with Crippen molar-refractivity contribution >= 4 is 17.7 Å². The Labute approximate surface area is 185 Å². The summed E-state index contributed by atoms with van der Waals surface area (Å²) in [4.78, 5) is 38.0. The van der Waals surface area contributed by atoms with Crippen molar-refractivity contribution in [2.45, 2.75) is 51.4 Å². The summed E-state index contributed by atoms with van der Waals surface area (Å²) in [5, 5.41) is 0. The van der Waals surface area contributed by atoms with E-state index in [1.54, 1.807) is 18.6 Å². The molecule has 9 atom stereocenters. The number of ketones is 1. The highest BCUT2D eigenvalue weighted by molar-refractivity contribution is 5.99. The van der Waals surface area contributed by atoms with Crippen molar-refractivity contribution in [2.24, 2.45) is 28.6 Å². The fraction of sp³-hybridized carbons (Fsp3) is 0.560. The van der Waals surface area contributed by atoms with Crippen LogP contribution in [0.2, 0.25) is 0 Å². The first-order valence-electron chi connectivity index (χ1n) is 11.2. The molecule has 1 saturated carbocycles. The minimum Gasteiger partial charge on any atom is -0.472 e. The highest BCUT2D eigenvalue weighted by Gasteiger charge is 2.75. The number of furan rings is 1. The molecule has 0 aromatic carbocycles. The van der Waals surface area contributed by atoms with E-state index in [0.29, 0.717) is 0 Å². The summed E-state index contributed by atoms with van der Waals surface area (Å²) in [6, 6.07) is 1.95. The third-order valence-electron chi connectivity index (χ3n) is 8.83. The molecule has 0 radical (unpaired) electrons. The molecule has 0 N–H and O–H groups in total. The van der Waals surface area contributed by atoms with Crippen molar-refractivity contribution in [3.8, 4) is 0 Å². The molecule has 168 valence electrons. The van der Waals surface area contributed by atoms with Gasteiger partial charge in [0, 0.05) is 35.5 Å². The molecule has 0 amide bonds. The van der Waals surface area contributed by atoms with Gasteiger partial charge in [0.25, 0.3) is 0 Å². The van der Waals surface area contributed by atoms with Gasteiger partial charge in [0.05, 0.1) is 31.2 Å². The second kappa shape index (κ2) is 6.44. The van der Waals surface area contributed by atoms with E-state index in [-0.39, 0.29) is 42.2 Å². The molecule has 3 aliphatic carbocycles. The Morgan fingerprint density at radius 3 is 2.78 bits per heavy atom. The van der Waals surface area contributed by atoms with Crippen LogP contribution < -0.4 is 0 Å². The van der Waals surface area contributed by atoms with Crippen LogP contribution in [0.3, 0.4) is 0 Å². The number of fused-ring (bicyclic) bond motifs is 4.